The lowest BCUT2D eigenvalue weighted by Crippen LogP contribution is -2.30. The third kappa shape index (κ3) is 3.66. The second-order valence-corrected chi connectivity index (χ2v) is 8.28. The van der Waals surface area contributed by atoms with E-state index in [2.05, 4.69) is 26.5 Å². The average Bonchev–Trinajstić information content (AvgIpc) is 3.36. The predicted molar refractivity (Wildman–Crippen MR) is 123 cm³/mol. The van der Waals surface area contributed by atoms with Crippen molar-refractivity contribution in [3.63, 3.8) is 0 Å². The van der Waals surface area contributed by atoms with Crippen LogP contribution in [0.2, 0.25) is 0 Å². The van der Waals surface area contributed by atoms with Gasteiger partial charge in [-0.05, 0) is 43.5 Å². The van der Waals surface area contributed by atoms with Gasteiger partial charge >= 0.3 is 5.69 Å². The van der Waals surface area contributed by atoms with Crippen LogP contribution in [0.4, 0.5) is 11.6 Å². The highest BCUT2D eigenvalue weighted by atomic mass is 16.5. The minimum Gasteiger partial charge on any atom is -0.381 e. The summed E-state index contributed by atoms with van der Waals surface area (Å²) >= 11 is 0. The number of aryl methyl sites for hydroxylation is 3. The molecule has 1 aliphatic rings. The molecule has 0 radical (unpaired) electrons. The molecule has 1 N–H and O–H groups in total. The molecule has 0 bridgehead atoms. The van der Waals surface area contributed by atoms with Crippen molar-refractivity contribution in [2.75, 3.05) is 18.5 Å². The van der Waals surface area contributed by atoms with Gasteiger partial charge in [0.05, 0.1) is 23.5 Å². The van der Waals surface area contributed by atoms with Crippen LogP contribution in [0.1, 0.15) is 30.0 Å². The van der Waals surface area contributed by atoms with Crippen molar-refractivity contribution in [2.24, 2.45) is 14.1 Å². The van der Waals surface area contributed by atoms with Gasteiger partial charge in [0.2, 0.25) is 5.95 Å². The predicted octanol–water partition coefficient (Wildman–Crippen LogP) is 2.81. The van der Waals surface area contributed by atoms with E-state index in [1.165, 1.54) is 0 Å². The summed E-state index contributed by atoms with van der Waals surface area (Å²) < 4.78 is 10.5. The summed E-state index contributed by atoms with van der Waals surface area (Å²) in [5.41, 5.74) is 4.83. The Hall–Kier alpha value is -3.97. The highest BCUT2D eigenvalue weighted by Crippen LogP contribution is 2.30. The molecule has 1 aliphatic heterocycles. The Morgan fingerprint density at radius 2 is 2.03 bits per heavy atom. The highest BCUT2D eigenvalue weighted by molar-refractivity contribution is 5.76. The number of nitrogens with one attached hydrogen (secondary N) is 1. The number of nitriles is 1. The summed E-state index contributed by atoms with van der Waals surface area (Å²) in [5, 5.41) is 17.4. The quantitative estimate of drug-likeness (QED) is 0.514. The maximum Gasteiger partial charge on any atom is 0.330 e. The van der Waals surface area contributed by atoms with Crippen molar-refractivity contribution in [2.45, 2.75) is 25.8 Å². The second kappa shape index (κ2) is 8.18. The number of ether oxygens (including phenoxy) is 1. The number of aromatic nitrogens is 6. The molecule has 4 aromatic rings. The third-order valence-electron chi connectivity index (χ3n) is 6.11. The standard InChI is InChI=1S/C23H24N8O2/c1-14-10-17(18-4-7-29(2)28-18)15(12-24)11-19(14)26-22-25-13-20-21(27-22)31(23(32)30(20)3)16-5-8-33-9-6-16/h4,7,10-11,13,16H,5-6,8-9H2,1-3H3,(H,25,26,27). The molecule has 0 unspecified atom stereocenters. The first-order chi connectivity index (χ1) is 16.0. The summed E-state index contributed by atoms with van der Waals surface area (Å²) in [6.07, 6.45) is 5.04. The molecule has 10 heteroatoms. The van der Waals surface area contributed by atoms with Crippen molar-refractivity contribution in [1.29, 1.82) is 5.26 Å². The number of benzene rings is 1. The lowest BCUT2D eigenvalue weighted by Gasteiger charge is -2.22. The summed E-state index contributed by atoms with van der Waals surface area (Å²) in [5.74, 6) is 0.367. The molecule has 33 heavy (non-hydrogen) atoms. The van der Waals surface area contributed by atoms with E-state index in [9.17, 15) is 10.1 Å². The molecule has 1 aromatic carbocycles. The van der Waals surface area contributed by atoms with Gasteiger partial charge in [0.1, 0.15) is 5.52 Å². The lowest BCUT2D eigenvalue weighted by atomic mass is 10.0. The Labute approximate surface area is 190 Å². The number of fused-ring (bicyclic) bond motifs is 1. The fourth-order valence-corrected chi connectivity index (χ4v) is 4.29. The maximum absolute atomic E-state index is 12.9. The van der Waals surface area contributed by atoms with Crippen molar-refractivity contribution in [3.8, 4) is 17.3 Å². The van der Waals surface area contributed by atoms with E-state index in [1.807, 2.05) is 32.3 Å². The Bertz CT molecular complexity index is 1450. The van der Waals surface area contributed by atoms with Crippen LogP contribution >= 0.6 is 0 Å². The van der Waals surface area contributed by atoms with Crippen molar-refractivity contribution in [1.82, 2.24) is 28.9 Å². The zero-order valence-electron chi connectivity index (χ0n) is 18.7. The van der Waals surface area contributed by atoms with E-state index in [-0.39, 0.29) is 11.7 Å². The van der Waals surface area contributed by atoms with Crippen LogP contribution in [-0.2, 0) is 18.8 Å². The van der Waals surface area contributed by atoms with Crippen LogP contribution in [-0.4, -0.2) is 42.1 Å². The average molecular weight is 444 g/mol. The number of rotatable bonds is 4. The fraction of sp³-hybridized carbons (Fsp3) is 0.348. The smallest absolute Gasteiger partial charge is 0.330 e. The zero-order valence-corrected chi connectivity index (χ0v) is 18.7. The topological polar surface area (TPSA) is 116 Å². The first kappa shape index (κ1) is 20.9. The van der Waals surface area contributed by atoms with Gasteiger partial charge in [-0.15, -0.1) is 0 Å². The van der Waals surface area contributed by atoms with Gasteiger partial charge in [0.15, 0.2) is 5.65 Å². The normalized spacial score (nSPS) is 14.5. The molecule has 1 saturated heterocycles. The van der Waals surface area contributed by atoms with Crippen LogP contribution in [0.25, 0.3) is 22.4 Å². The highest BCUT2D eigenvalue weighted by Gasteiger charge is 2.23. The van der Waals surface area contributed by atoms with E-state index >= 15 is 0 Å². The minimum atomic E-state index is -0.106. The molecule has 3 aromatic heterocycles. The number of hydrogen-bond acceptors (Lipinski definition) is 7. The molecule has 0 spiro atoms. The van der Waals surface area contributed by atoms with Crippen LogP contribution in [0.5, 0.6) is 0 Å². The molecule has 0 amide bonds. The van der Waals surface area contributed by atoms with Gasteiger partial charge < -0.3 is 10.1 Å². The van der Waals surface area contributed by atoms with E-state index in [1.54, 1.807) is 33.1 Å². The van der Waals surface area contributed by atoms with Crippen LogP contribution in [0, 0.1) is 18.3 Å². The lowest BCUT2D eigenvalue weighted by molar-refractivity contribution is 0.0695. The molecule has 10 nitrogen and oxygen atoms in total. The van der Waals surface area contributed by atoms with E-state index in [0.29, 0.717) is 35.9 Å². The second-order valence-electron chi connectivity index (χ2n) is 8.28. The van der Waals surface area contributed by atoms with Gasteiger partial charge in [-0.3, -0.25) is 13.8 Å². The molecular formula is C23H24N8O2. The molecule has 4 heterocycles. The van der Waals surface area contributed by atoms with Gasteiger partial charge in [0.25, 0.3) is 0 Å². The summed E-state index contributed by atoms with van der Waals surface area (Å²) in [6, 6.07) is 7.90. The summed E-state index contributed by atoms with van der Waals surface area (Å²) in [6.45, 7) is 3.21. The Balaban J connectivity index is 1.54. The van der Waals surface area contributed by atoms with E-state index < -0.39 is 0 Å². The SMILES string of the molecule is Cc1cc(-c2ccn(C)n2)c(C#N)cc1Nc1ncc2c(n1)n(C1CCOCC1)c(=O)n2C. The van der Waals surface area contributed by atoms with Gasteiger partial charge in [-0.25, -0.2) is 9.78 Å². The maximum atomic E-state index is 12.9. The molecule has 0 aliphatic carbocycles. The molecule has 0 atom stereocenters. The summed E-state index contributed by atoms with van der Waals surface area (Å²) in [7, 11) is 3.58. The fourth-order valence-electron chi connectivity index (χ4n) is 4.29. The van der Waals surface area contributed by atoms with E-state index in [4.69, 9.17) is 4.74 Å². The zero-order chi connectivity index (χ0) is 23.1. The van der Waals surface area contributed by atoms with Crippen LogP contribution in [0.15, 0.2) is 35.4 Å². The first-order valence-corrected chi connectivity index (χ1v) is 10.8. The van der Waals surface area contributed by atoms with Crippen molar-refractivity contribution < 1.29 is 4.74 Å². The third-order valence-corrected chi connectivity index (χ3v) is 6.11. The number of hydrogen-bond donors (Lipinski definition) is 1. The Kier molecular flexibility index (Phi) is 5.18. The first-order valence-electron chi connectivity index (χ1n) is 10.8. The van der Waals surface area contributed by atoms with E-state index in [0.717, 1.165) is 35.3 Å². The van der Waals surface area contributed by atoms with Crippen LogP contribution in [0.3, 0.4) is 0 Å². The molecule has 168 valence electrons. The molecular weight excluding hydrogens is 420 g/mol. The minimum absolute atomic E-state index is 0.0438. The monoisotopic (exact) mass is 444 g/mol. The molecule has 5 rings (SSSR count). The van der Waals surface area contributed by atoms with Crippen molar-refractivity contribution in [3.05, 3.63) is 52.2 Å². The Morgan fingerprint density at radius 1 is 1.24 bits per heavy atom. The Morgan fingerprint density at radius 3 is 2.73 bits per heavy atom. The largest absolute Gasteiger partial charge is 0.381 e. The number of nitrogens with zero attached hydrogens (tertiary/aromatic N) is 7. The van der Waals surface area contributed by atoms with Gasteiger partial charge in [-0.2, -0.15) is 15.3 Å². The summed E-state index contributed by atoms with van der Waals surface area (Å²) in [4.78, 5) is 22.0. The van der Waals surface area contributed by atoms with Gasteiger partial charge in [0, 0.05) is 50.8 Å². The van der Waals surface area contributed by atoms with Crippen molar-refractivity contribution >= 4 is 22.8 Å². The molecule has 0 saturated carbocycles. The molecule has 1 fully saturated rings. The number of anilines is 2. The number of imidazole rings is 1. The van der Waals surface area contributed by atoms with Gasteiger partial charge in [-0.1, -0.05) is 0 Å². The van der Waals surface area contributed by atoms with Crippen LogP contribution < -0.4 is 11.0 Å².